The normalized spacial score (nSPS) is 35.9. The van der Waals surface area contributed by atoms with E-state index in [0.29, 0.717) is 0 Å². The second-order valence-electron chi connectivity index (χ2n) is 10.7. The second kappa shape index (κ2) is 10.6. The molecule has 0 radical (unpaired) electrons. The lowest BCUT2D eigenvalue weighted by Crippen LogP contribution is -2.53. The largest absolute Gasteiger partial charge is 0.316 e. The second-order valence-corrected chi connectivity index (χ2v) is 10.7. The van der Waals surface area contributed by atoms with Gasteiger partial charge in [-0.1, -0.05) is 53.4 Å². The zero-order chi connectivity index (χ0) is 19.2. The van der Waals surface area contributed by atoms with Crippen LogP contribution in [-0.4, -0.2) is 36.6 Å². The topological polar surface area (TPSA) is 15.3 Å². The van der Waals surface area contributed by atoms with Crippen molar-refractivity contribution in [1.82, 2.24) is 10.2 Å². The first-order valence-electron chi connectivity index (χ1n) is 12.5. The van der Waals surface area contributed by atoms with E-state index in [1.807, 2.05) is 0 Å². The quantitative estimate of drug-likeness (QED) is 0.577. The molecule has 2 heteroatoms. The molecule has 1 N–H and O–H groups in total. The molecule has 6 atom stereocenters. The van der Waals surface area contributed by atoms with Crippen LogP contribution in [0.2, 0.25) is 0 Å². The van der Waals surface area contributed by atoms with Crippen LogP contribution in [-0.2, 0) is 0 Å². The van der Waals surface area contributed by atoms with Crippen molar-refractivity contribution in [2.24, 2.45) is 29.6 Å². The summed E-state index contributed by atoms with van der Waals surface area (Å²) >= 11 is 0. The fourth-order valence-electron chi connectivity index (χ4n) is 6.65. The van der Waals surface area contributed by atoms with Crippen molar-refractivity contribution in [3.8, 4) is 0 Å². The zero-order valence-electron chi connectivity index (χ0n) is 18.9. The Morgan fingerprint density at radius 3 is 2.30 bits per heavy atom. The predicted octanol–water partition coefficient (Wildman–Crippen LogP) is 6.11. The van der Waals surface area contributed by atoms with Crippen molar-refractivity contribution < 1.29 is 0 Å². The summed E-state index contributed by atoms with van der Waals surface area (Å²) in [5.74, 6) is 4.50. The lowest BCUT2D eigenvalue weighted by Gasteiger charge is -2.49. The van der Waals surface area contributed by atoms with E-state index in [1.54, 1.807) is 0 Å². The first-order chi connectivity index (χ1) is 13.1. The van der Waals surface area contributed by atoms with E-state index in [-0.39, 0.29) is 0 Å². The number of rotatable bonds is 7. The Balaban J connectivity index is 1.56. The molecular formula is C25H48N2. The van der Waals surface area contributed by atoms with E-state index in [4.69, 9.17) is 0 Å². The summed E-state index contributed by atoms with van der Waals surface area (Å²) in [5.41, 5.74) is 0. The molecule has 1 aliphatic carbocycles. The molecule has 0 aromatic heterocycles. The van der Waals surface area contributed by atoms with E-state index in [9.17, 15) is 0 Å². The Morgan fingerprint density at radius 2 is 1.56 bits per heavy atom. The molecule has 2 aliphatic heterocycles. The van der Waals surface area contributed by atoms with E-state index < -0.39 is 0 Å². The van der Waals surface area contributed by atoms with Crippen LogP contribution in [0.5, 0.6) is 0 Å². The summed E-state index contributed by atoms with van der Waals surface area (Å²) in [4.78, 5) is 3.03. The molecule has 1 saturated carbocycles. The molecule has 0 aromatic carbocycles. The molecule has 2 nitrogen and oxygen atoms in total. The van der Waals surface area contributed by atoms with Crippen LogP contribution in [0.1, 0.15) is 98.3 Å². The van der Waals surface area contributed by atoms with Crippen LogP contribution in [0.4, 0.5) is 0 Å². The average molecular weight is 377 g/mol. The fraction of sp³-hybridized carbons (Fsp3) is 1.00. The van der Waals surface area contributed by atoms with Gasteiger partial charge < -0.3 is 5.32 Å². The van der Waals surface area contributed by atoms with Crippen molar-refractivity contribution in [2.45, 2.75) is 110 Å². The SMILES string of the molecule is CC(C)C1CCCCC1N1CCCCC1C(C)CCC(C)C1CCCNC1. The molecule has 27 heavy (non-hydrogen) atoms. The number of nitrogens with zero attached hydrogens (tertiary/aromatic N) is 1. The standard InChI is InChI=1S/C25H48N2/c1-19(2)23-11-5-6-13-25(23)27-17-8-7-12-24(27)21(4)15-14-20(3)22-10-9-16-26-18-22/h19-26H,5-18H2,1-4H3. The molecule has 3 rings (SSSR count). The number of likely N-dealkylation sites (tertiary alicyclic amines) is 1. The van der Waals surface area contributed by atoms with Gasteiger partial charge in [0.1, 0.15) is 0 Å². The van der Waals surface area contributed by atoms with Crippen LogP contribution in [0.25, 0.3) is 0 Å². The number of hydrogen-bond acceptors (Lipinski definition) is 2. The van der Waals surface area contributed by atoms with Gasteiger partial charge >= 0.3 is 0 Å². The molecule has 3 aliphatic rings. The van der Waals surface area contributed by atoms with E-state index in [1.165, 1.54) is 90.3 Å². The molecule has 2 heterocycles. The average Bonchev–Trinajstić information content (AvgIpc) is 2.72. The van der Waals surface area contributed by atoms with Gasteiger partial charge in [0.25, 0.3) is 0 Å². The minimum Gasteiger partial charge on any atom is -0.316 e. The van der Waals surface area contributed by atoms with Gasteiger partial charge in [-0.25, -0.2) is 0 Å². The highest BCUT2D eigenvalue weighted by atomic mass is 15.2. The van der Waals surface area contributed by atoms with Gasteiger partial charge in [-0.3, -0.25) is 4.90 Å². The highest BCUT2D eigenvalue weighted by Crippen LogP contribution is 2.39. The lowest BCUT2D eigenvalue weighted by molar-refractivity contribution is 0.000331. The Hall–Kier alpha value is -0.0800. The molecule has 0 spiro atoms. The predicted molar refractivity (Wildman–Crippen MR) is 118 cm³/mol. The first kappa shape index (κ1) is 21.6. The summed E-state index contributed by atoms with van der Waals surface area (Å²) in [7, 11) is 0. The minimum atomic E-state index is 0.854. The van der Waals surface area contributed by atoms with Crippen LogP contribution in [0.3, 0.4) is 0 Å². The highest BCUT2D eigenvalue weighted by molar-refractivity contribution is 4.92. The third-order valence-electron chi connectivity index (χ3n) is 8.53. The molecule has 0 amide bonds. The van der Waals surface area contributed by atoms with E-state index in [2.05, 4.69) is 37.9 Å². The molecule has 158 valence electrons. The number of nitrogens with one attached hydrogen (secondary N) is 1. The van der Waals surface area contributed by atoms with Crippen molar-refractivity contribution >= 4 is 0 Å². The van der Waals surface area contributed by atoms with Gasteiger partial charge in [-0.05, 0) is 94.2 Å². The minimum absolute atomic E-state index is 0.854. The van der Waals surface area contributed by atoms with Gasteiger partial charge in [0.2, 0.25) is 0 Å². The van der Waals surface area contributed by atoms with E-state index in [0.717, 1.165) is 41.7 Å². The van der Waals surface area contributed by atoms with Gasteiger partial charge in [-0.2, -0.15) is 0 Å². The highest BCUT2D eigenvalue weighted by Gasteiger charge is 2.38. The maximum Gasteiger partial charge on any atom is 0.0129 e. The van der Waals surface area contributed by atoms with Crippen molar-refractivity contribution in [2.75, 3.05) is 19.6 Å². The van der Waals surface area contributed by atoms with Gasteiger partial charge in [0.05, 0.1) is 0 Å². The lowest BCUT2D eigenvalue weighted by atomic mass is 9.74. The zero-order valence-corrected chi connectivity index (χ0v) is 18.9. The third kappa shape index (κ3) is 5.72. The summed E-state index contributed by atoms with van der Waals surface area (Å²) < 4.78 is 0. The smallest absolute Gasteiger partial charge is 0.0129 e. The van der Waals surface area contributed by atoms with Crippen LogP contribution >= 0.6 is 0 Å². The maximum absolute atomic E-state index is 3.62. The number of piperidine rings is 2. The van der Waals surface area contributed by atoms with Crippen LogP contribution < -0.4 is 5.32 Å². The Bertz CT molecular complexity index is 415. The Labute approximate surface area is 170 Å². The van der Waals surface area contributed by atoms with Crippen molar-refractivity contribution in [3.05, 3.63) is 0 Å². The van der Waals surface area contributed by atoms with Crippen LogP contribution in [0, 0.1) is 29.6 Å². The Morgan fingerprint density at radius 1 is 0.815 bits per heavy atom. The summed E-state index contributed by atoms with van der Waals surface area (Å²) in [6.45, 7) is 14.0. The molecule has 0 aromatic rings. The maximum atomic E-state index is 3.62. The fourth-order valence-corrected chi connectivity index (χ4v) is 6.65. The summed E-state index contributed by atoms with van der Waals surface area (Å²) in [6, 6.07) is 1.74. The first-order valence-corrected chi connectivity index (χ1v) is 12.5. The van der Waals surface area contributed by atoms with Crippen LogP contribution in [0.15, 0.2) is 0 Å². The van der Waals surface area contributed by atoms with Gasteiger partial charge in [0.15, 0.2) is 0 Å². The Kier molecular flexibility index (Phi) is 8.51. The van der Waals surface area contributed by atoms with Gasteiger partial charge in [-0.15, -0.1) is 0 Å². The molecule has 3 fully saturated rings. The van der Waals surface area contributed by atoms with Crippen molar-refractivity contribution in [3.63, 3.8) is 0 Å². The molecular weight excluding hydrogens is 328 g/mol. The molecule has 0 bridgehead atoms. The summed E-state index contributed by atoms with van der Waals surface area (Å²) in [5, 5.41) is 3.62. The van der Waals surface area contributed by atoms with Crippen molar-refractivity contribution in [1.29, 1.82) is 0 Å². The van der Waals surface area contributed by atoms with Gasteiger partial charge in [0, 0.05) is 12.1 Å². The monoisotopic (exact) mass is 376 g/mol. The summed E-state index contributed by atoms with van der Waals surface area (Å²) in [6.07, 6.45) is 16.0. The molecule has 2 saturated heterocycles. The molecule has 6 unspecified atom stereocenters. The van der Waals surface area contributed by atoms with E-state index >= 15 is 0 Å². The third-order valence-corrected chi connectivity index (χ3v) is 8.53. The number of hydrogen-bond donors (Lipinski definition) is 1.